The summed E-state index contributed by atoms with van der Waals surface area (Å²) in [6, 6.07) is 1.46. The molecule has 0 spiro atoms. The molecule has 0 radical (unpaired) electrons. The fraction of sp³-hybridized carbons (Fsp3) is 1.00. The zero-order valence-corrected chi connectivity index (χ0v) is 13.3. The summed E-state index contributed by atoms with van der Waals surface area (Å²) < 4.78 is 5.99. The lowest BCUT2D eigenvalue weighted by molar-refractivity contribution is -0.0291. The molecule has 116 valence electrons. The molecule has 3 rings (SSSR count). The molecule has 2 aliphatic heterocycles. The van der Waals surface area contributed by atoms with Gasteiger partial charge in [0, 0.05) is 38.3 Å². The topological polar surface area (TPSA) is 24.5 Å². The monoisotopic (exact) mass is 280 g/mol. The largest absolute Gasteiger partial charge is 0.377 e. The van der Waals surface area contributed by atoms with Crippen molar-refractivity contribution in [1.29, 1.82) is 0 Å². The fourth-order valence-electron chi connectivity index (χ4n) is 3.92. The normalized spacial score (nSPS) is 37.8. The summed E-state index contributed by atoms with van der Waals surface area (Å²) in [5.74, 6) is 1.74. The highest BCUT2D eigenvalue weighted by Gasteiger charge is 2.39. The number of hydrogen-bond acceptors (Lipinski definition) is 3. The zero-order valence-electron chi connectivity index (χ0n) is 13.3. The third-order valence-electron chi connectivity index (χ3n) is 5.69. The van der Waals surface area contributed by atoms with E-state index < -0.39 is 0 Å². The van der Waals surface area contributed by atoms with Crippen molar-refractivity contribution in [3.05, 3.63) is 0 Å². The average molecular weight is 280 g/mol. The second-order valence-corrected chi connectivity index (χ2v) is 7.25. The molecule has 3 fully saturated rings. The molecule has 0 aromatic rings. The third-order valence-corrected chi connectivity index (χ3v) is 5.69. The highest BCUT2D eigenvalue weighted by Crippen LogP contribution is 2.35. The Morgan fingerprint density at radius 1 is 1.25 bits per heavy atom. The van der Waals surface area contributed by atoms with Gasteiger partial charge in [-0.3, -0.25) is 4.90 Å². The van der Waals surface area contributed by atoms with Crippen molar-refractivity contribution in [3.8, 4) is 0 Å². The number of piperazine rings is 1. The second kappa shape index (κ2) is 6.76. The summed E-state index contributed by atoms with van der Waals surface area (Å²) >= 11 is 0. The van der Waals surface area contributed by atoms with Crippen molar-refractivity contribution in [1.82, 2.24) is 10.2 Å². The third kappa shape index (κ3) is 3.55. The van der Waals surface area contributed by atoms with Crippen LogP contribution in [0.5, 0.6) is 0 Å². The number of nitrogens with zero attached hydrogens (tertiary/aromatic N) is 1. The van der Waals surface area contributed by atoms with E-state index in [4.69, 9.17) is 4.74 Å². The van der Waals surface area contributed by atoms with Gasteiger partial charge in [0.1, 0.15) is 0 Å². The first-order valence-electron chi connectivity index (χ1n) is 8.87. The van der Waals surface area contributed by atoms with Gasteiger partial charge in [-0.15, -0.1) is 0 Å². The molecule has 3 heteroatoms. The van der Waals surface area contributed by atoms with Gasteiger partial charge in [0.05, 0.1) is 6.10 Å². The molecule has 3 nitrogen and oxygen atoms in total. The number of hydrogen-bond donors (Lipinski definition) is 1. The van der Waals surface area contributed by atoms with Crippen molar-refractivity contribution in [3.63, 3.8) is 0 Å². The lowest BCUT2D eigenvalue weighted by atomic mass is 9.93. The zero-order chi connectivity index (χ0) is 13.9. The van der Waals surface area contributed by atoms with Crippen LogP contribution in [0.2, 0.25) is 0 Å². The molecule has 4 atom stereocenters. The van der Waals surface area contributed by atoms with Crippen molar-refractivity contribution < 1.29 is 4.74 Å². The minimum atomic E-state index is 0.494. The first-order chi connectivity index (χ1) is 9.78. The maximum atomic E-state index is 5.99. The van der Waals surface area contributed by atoms with Crippen LogP contribution in [0.15, 0.2) is 0 Å². The lowest BCUT2D eigenvalue weighted by Gasteiger charge is -2.45. The van der Waals surface area contributed by atoms with E-state index >= 15 is 0 Å². The van der Waals surface area contributed by atoms with Gasteiger partial charge in [-0.2, -0.15) is 0 Å². The summed E-state index contributed by atoms with van der Waals surface area (Å²) in [7, 11) is 0. The van der Waals surface area contributed by atoms with Gasteiger partial charge in [-0.25, -0.2) is 0 Å². The Balaban J connectivity index is 1.60. The Labute approximate surface area is 124 Å². The summed E-state index contributed by atoms with van der Waals surface area (Å²) in [6.45, 7) is 9.32. The molecule has 0 aromatic heterocycles. The number of rotatable bonds is 5. The molecule has 0 amide bonds. The van der Waals surface area contributed by atoms with Crippen LogP contribution in [0, 0.1) is 11.8 Å². The van der Waals surface area contributed by atoms with E-state index in [0.29, 0.717) is 12.1 Å². The fourth-order valence-corrected chi connectivity index (χ4v) is 3.92. The molecular weight excluding hydrogens is 248 g/mol. The predicted octanol–water partition coefficient (Wildman–Crippen LogP) is 2.65. The van der Waals surface area contributed by atoms with E-state index in [1.54, 1.807) is 0 Å². The minimum absolute atomic E-state index is 0.494. The lowest BCUT2D eigenvalue weighted by Crippen LogP contribution is -2.60. The van der Waals surface area contributed by atoms with Crippen LogP contribution >= 0.6 is 0 Å². The molecule has 4 unspecified atom stereocenters. The Morgan fingerprint density at radius 3 is 2.75 bits per heavy atom. The van der Waals surface area contributed by atoms with E-state index in [-0.39, 0.29) is 0 Å². The van der Waals surface area contributed by atoms with E-state index in [9.17, 15) is 0 Å². The van der Waals surface area contributed by atoms with Crippen LogP contribution in [0.3, 0.4) is 0 Å². The van der Waals surface area contributed by atoms with Gasteiger partial charge >= 0.3 is 0 Å². The number of ether oxygens (including phenoxy) is 1. The molecule has 0 aromatic carbocycles. The molecule has 3 aliphatic rings. The van der Waals surface area contributed by atoms with Crippen LogP contribution in [-0.2, 0) is 4.74 Å². The molecule has 1 N–H and O–H groups in total. The van der Waals surface area contributed by atoms with E-state index in [0.717, 1.165) is 24.5 Å². The van der Waals surface area contributed by atoms with E-state index in [2.05, 4.69) is 24.1 Å². The Hall–Kier alpha value is -0.120. The Morgan fingerprint density at radius 2 is 2.10 bits per heavy atom. The highest BCUT2D eigenvalue weighted by molar-refractivity contribution is 4.96. The predicted molar refractivity (Wildman–Crippen MR) is 82.9 cm³/mol. The van der Waals surface area contributed by atoms with Crippen molar-refractivity contribution in [2.45, 2.75) is 70.6 Å². The molecule has 20 heavy (non-hydrogen) atoms. The van der Waals surface area contributed by atoms with Gasteiger partial charge < -0.3 is 10.1 Å². The molecule has 2 heterocycles. The standard InChI is InChI=1S/C17H32N2O/c1-3-13(2)17-10-18-16(14-7-8-14)12-19(17)11-15-6-4-5-9-20-15/h13-18H,3-12H2,1-2H3. The summed E-state index contributed by atoms with van der Waals surface area (Å²) in [5, 5.41) is 3.83. The van der Waals surface area contributed by atoms with Gasteiger partial charge in [0.2, 0.25) is 0 Å². The SMILES string of the molecule is CCC(C)C1CNC(C2CC2)CN1CC1CCCCO1. The first kappa shape index (κ1) is 14.8. The molecule has 0 bridgehead atoms. The summed E-state index contributed by atoms with van der Waals surface area (Å²) in [6.07, 6.45) is 8.55. The average Bonchev–Trinajstić information content (AvgIpc) is 3.32. The van der Waals surface area contributed by atoms with Crippen LogP contribution in [0.25, 0.3) is 0 Å². The van der Waals surface area contributed by atoms with Gasteiger partial charge in [-0.1, -0.05) is 20.3 Å². The van der Waals surface area contributed by atoms with Gasteiger partial charge in [0.15, 0.2) is 0 Å². The van der Waals surface area contributed by atoms with E-state index in [1.807, 2.05) is 0 Å². The quantitative estimate of drug-likeness (QED) is 0.838. The molecule has 1 aliphatic carbocycles. The Kier molecular flexibility index (Phi) is 5.00. The van der Waals surface area contributed by atoms with Crippen molar-refractivity contribution >= 4 is 0 Å². The maximum absolute atomic E-state index is 5.99. The molecular formula is C17H32N2O. The smallest absolute Gasteiger partial charge is 0.0702 e. The second-order valence-electron chi connectivity index (χ2n) is 7.25. The van der Waals surface area contributed by atoms with Crippen LogP contribution in [0.4, 0.5) is 0 Å². The van der Waals surface area contributed by atoms with Crippen LogP contribution in [-0.4, -0.2) is 49.3 Å². The number of nitrogens with one attached hydrogen (secondary N) is 1. The van der Waals surface area contributed by atoms with Crippen molar-refractivity contribution in [2.75, 3.05) is 26.2 Å². The van der Waals surface area contributed by atoms with Crippen LogP contribution < -0.4 is 5.32 Å². The summed E-state index contributed by atoms with van der Waals surface area (Å²) in [4.78, 5) is 2.77. The van der Waals surface area contributed by atoms with Crippen LogP contribution in [0.1, 0.15) is 52.4 Å². The van der Waals surface area contributed by atoms with E-state index in [1.165, 1.54) is 58.2 Å². The molecule has 2 saturated heterocycles. The van der Waals surface area contributed by atoms with Gasteiger partial charge in [-0.05, 0) is 43.9 Å². The highest BCUT2D eigenvalue weighted by atomic mass is 16.5. The van der Waals surface area contributed by atoms with Gasteiger partial charge in [0.25, 0.3) is 0 Å². The first-order valence-corrected chi connectivity index (χ1v) is 8.87. The summed E-state index contributed by atoms with van der Waals surface area (Å²) in [5.41, 5.74) is 0. The minimum Gasteiger partial charge on any atom is -0.377 e. The maximum Gasteiger partial charge on any atom is 0.0702 e. The Bertz CT molecular complexity index is 299. The molecule has 1 saturated carbocycles. The van der Waals surface area contributed by atoms with Crippen molar-refractivity contribution in [2.24, 2.45) is 11.8 Å².